The SMILES string of the molecule is CCOC(=O)c1c(I)nn2c1CN(C(=O)OC(C)(C)C)CC2CO. The van der Waals surface area contributed by atoms with Gasteiger partial charge in [-0.2, -0.15) is 5.10 Å². The van der Waals surface area contributed by atoms with Crippen LogP contribution in [0.25, 0.3) is 0 Å². The number of carbonyl (C=O) groups is 2. The summed E-state index contributed by atoms with van der Waals surface area (Å²) in [5.74, 6) is -0.481. The Kier molecular flexibility index (Phi) is 5.74. The molecule has 0 aliphatic carbocycles. The van der Waals surface area contributed by atoms with Crippen molar-refractivity contribution in [1.82, 2.24) is 14.7 Å². The molecule has 8 nitrogen and oxygen atoms in total. The lowest BCUT2D eigenvalue weighted by Gasteiger charge is -2.34. The fourth-order valence-electron chi connectivity index (χ4n) is 2.48. The lowest BCUT2D eigenvalue weighted by atomic mass is 10.1. The monoisotopic (exact) mass is 451 g/mol. The number of ether oxygens (including phenoxy) is 2. The number of halogens is 1. The number of fused-ring (bicyclic) bond motifs is 1. The summed E-state index contributed by atoms with van der Waals surface area (Å²) in [6.07, 6.45) is -0.488. The molecule has 2 rings (SSSR count). The first-order valence-electron chi connectivity index (χ1n) is 7.70. The molecule has 1 aromatic rings. The third kappa shape index (κ3) is 4.00. The van der Waals surface area contributed by atoms with Gasteiger partial charge < -0.3 is 19.5 Å². The fourth-order valence-corrected chi connectivity index (χ4v) is 3.24. The highest BCUT2D eigenvalue weighted by molar-refractivity contribution is 14.1. The third-order valence-electron chi connectivity index (χ3n) is 3.43. The summed E-state index contributed by atoms with van der Waals surface area (Å²) in [4.78, 5) is 26.1. The lowest BCUT2D eigenvalue weighted by Crippen LogP contribution is -2.45. The molecule has 1 amide bonds. The van der Waals surface area contributed by atoms with Gasteiger partial charge in [-0.3, -0.25) is 4.68 Å². The van der Waals surface area contributed by atoms with Crippen molar-refractivity contribution in [3.8, 4) is 0 Å². The fraction of sp³-hybridized carbons (Fsp3) is 0.667. The van der Waals surface area contributed by atoms with Gasteiger partial charge in [-0.25, -0.2) is 9.59 Å². The number of nitrogens with zero attached hydrogens (tertiary/aromatic N) is 3. The number of hydrogen-bond donors (Lipinski definition) is 1. The molecule has 24 heavy (non-hydrogen) atoms. The first-order chi connectivity index (χ1) is 11.2. The second-order valence-electron chi connectivity index (χ2n) is 6.47. The molecular formula is C15H22IN3O5. The molecule has 0 saturated heterocycles. The van der Waals surface area contributed by atoms with Gasteiger partial charge in [0.25, 0.3) is 0 Å². The highest BCUT2D eigenvalue weighted by atomic mass is 127. The summed E-state index contributed by atoms with van der Waals surface area (Å²) in [5, 5.41) is 14.0. The molecule has 9 heteroatoms. The van der Waals surface area contributed by atoms with Crippen LogP contribution in [0.4, 0.5) is 4.79 Å². The third-order valence-corrected chi connectivity index (χ3v) is 4.18. The highest BCUT2D eigenvalue weighted by Gasteiger charge is 2.36. The Bertz CT molecular complexity index is 638. The Labute approximate surface area is 154 Å². The van der Waals surface area contributed by atoms with E-state index in [2.05, 4.69) is 5.10 Å². The van der Waals surface area contributed by atoms with E-state index in [-0.39, 0.29) is 26.3 Å². The van der Waals surface area contributed by atoms with Crippen LogP contribution in [0.2, 0.25) is 0 Å². The van der Waals surface area contributed by atoms with Gasteiger partial charge in [0.2, 0.25) is 0 Å². The molecule has 0 spiro atoms. The molecule has 1 atom stereocenters. The van der Waals surface area contributed by atoms with E-state index in [1.807, 2.05) is 22.6 Å². The molecule has 1 aliphatic heterocycles. The topological polar surface area (TPSA) is 93.9 Å². The van der Waals surface area contributed by atoms with E-state index in [1.165, 1.54) is 4.90 Å². The first kappa shape index (κ1) is 19.0. The number of aliphatic hydroxyl groups is 1. The average Bonchev–Trinajstić information content (AvgIpc) is 2.80. The molecule has 0 fully saturated rings. The zero-order chi connectivity index (χ0) is 18.1. The minimum Gasteiger partial charge on any atom is -0.462 e. The molecular weight excluding hydrogens is 429 g/mol. The largest absolute Gasteiger partial charge is 0.462 e. The predicted octanol–water partition coefficient (Wildman–Crippen LogP) is 1.95. The van der Waals surface area contributed by atoms with Crippen molar-refractivity contribution in [3.63, 3.8) is 0 Å². The van der Waals surface area contributed by atoms with Crippen molar-refractivity contribution in [3.05, 3.63) is 15.0 Å². The van der Waals surface area contributed by atoms with Crippen LogP contribution in [0.1, 0.15) is 49.8 Å². The van der Waals surface area contributed by atoms with Crippen molar-refractivity contribution in [1.29, 1.82) is 0 Å². The number of aliphatic hydroxyl groups excluding tert-OH is 1. The number of rotatable bonds is 3. The van der Waals surface area contributed by atoms with Gasteiger partial charge >= 0.3 is 12.1 Å². The van der Waals surface area contributed by atoms with Crippen LogP contribution in [0, 0.1) is 3.70 Å². The molecule has 0 saturated carbocycles. The zero-order valence-electron chi connectivity index (χ0n) is 14.2. The molecule has 1 unspecified atom stereocenters. The molecule has 1 aliphatic rings. The van der Waals surface area contributed by atoms with Crippen LogP contribution in [0.15, 0.2) is 0 Å². The van der Waals surface area contributed by atoms with Crippen LogP contribution in [-0.4, -0.2) is 57.2 Å². The number of hydrogen-bond acceptors (Lipinski definition) is 6. The number of aromatic nitrogens is 2. The van der Waals surface area contributed by atoms with Crippen molar-refractivity contribution in [2.24, 2.45) is 0 Å². The minimum absolute atomic E-state index is 0.176. The van der Waals surface area contributed by atoms with E-state index >= 15 is 0 Å². The van der Waals surface area contributed by atoms with E-state index in [4.69, 9.17) is 9.47 Å². The van der Waals surface area contributed by atoms with E-state index in [0.717, 1.165) is 0 Å². The van der Waals surface area contributed by atoms with Crippen LogP contribution < -0.4 is 0 Å². The van der Waals surface area contributed by atoms with Crippen LogP contribution in [-0.2, 0) is 16.0 Å². The summed E-state index contributed by atoms with van der Waals surface area (Å²) in [6, 6.07) is -0.432. The smallest absolute Gasteiger partial charge is 0.410 e. The van der Waals surface area contributed by atoms with Gasteiger partial charge in [-0.05, 0) is 50.3 Å². The van der Waals surface area contributed by atoms with Gasteiger partial charge in [0.05, 0.1) is 31.5 Å². The number of amides is 1. The Hall–Kier alpha value is -1.36. The Morgan fingerprint density at radius 1 is 1.42 bits per heavy atom. The van der Waals surface area contributed by atoms with E-state index in [9.17, 15) is 14.7 Å². The van der Waals surface area contributed by atoms with Gasteiger partial charge in [-0.1, -0.05) is 0 Å². The maximum Gasteiger partial charge on any atom is 0.410 e. The summed E-state index contributed by atoms with van der Waals surface area (Å²) >= 11 is 1.96. The lowest BCUT2D eigenvalue weighted by molar-refractivity contribution is 0.0124. The van der Waals surface area contributed by atoms with Crippen molar-refractivity contribution in [2.75, 3.05) is 19.8 Å². The van der Waals surface area contributed by atoms with E-state index < -0.39 is 23.7 Å². The average molecular weight is 451 g/mol. The first-order valence-corrected chi connectivity index (χ1v) is 8.78. The van der Waals surface area contributed by atoms with Gasteiger partial charge in [0.1, 0.15) is 14.9 Å². The van der Waals surface area contributed by atoms with Gasteiger partial charge in [0, 0.05) is 6.54 Å². The molecule has 0 bridgehead atoms. The molecule has 2 heterocycles. The standard InChI is InChI=1S/C15H22IN3O5/c1-5-23-13(21)11-10-7-18(14(22)24-15(2,3)4)6-9(8-20)19(10)17-12(11)16/h9,20H,5-8H2,1-4H3. The molecule has 1 N–H and O–H groups in total. The number of esters is 1. The molecule has 1 aromatic heterocycles. The predicted molar refractivity (Wildman–Crippen MR) is 93.7 cm³/mol. The Balaban J connectivity index is 2.35. The van der Waals surface area contributed by atoms with Crippen LogP contribution >= 0.6 is 22.6 Å². The molecule has 0 aromatic carbocycles. The van der Waals surface area contributed by atoms with Crippen molar-refractivity contribution < 1.29 is 24.2 Å². The zero-order valence-corrected chi connectivity index (χ0v) is 16.4. The summed E-state index contributed by atoms with van der Waals surface area (Å²) in [5.41, 5.74) is 0.264. The van der Waals surface area contributed by atoms with Crippen LogP contribution in [0.3, 0.4) is 0 Å². The van der Waals surface area contributed by atoms with Gasteiger partial charge in [-0.15, -0.1) is 0 Å². The van der Waals surface area contributed by atoms with Crippen LogP contribution in [0.5, 0.6) is 0 Å². The highest BCUT2D eigenvalue weighted by Crippen LogP contribution is 2.28. The minimum atomic E-state index is -0.623. The van der Waals surface area contributed by atoms with E-state index in [0.29, 0.717) is 15.0 Å². The van der Waals surface area contributed by atoms with Crippen molar-refractivity contribution >= 4 is 34.7 Å². The second-order valence-corrected chi connectivity index (χ2v) is 7.50. The maximum absolute atomic E-state index is 12.4. The Morgan fingerprint density at radius 3 is 2.62 bits per heavy atom. The molecule has 134 valence electrons. The quantitative estimate of drug-likeness (QED) is 0.558. The summed E-state index contributed by atoms with van der Waals surface area (Å²) in [7, 11) is 0. The van der Waals surface area contributed by atoms with Gasteiger partial charge in [0.15, 0.2) is 0 Å². The summed E-state index contributed by atoms with van der Waals surface area (Å²) in [6.45, 7) is 7.57. The maximum atomic E-state index is 12.4. The summed E-state index contributed by atoms with van der Waals surface area (Å²) < 4.78 is 12.6. The Morgan fingerprint density at radius 2 is 2.08 bits per heavy atom. The second kappa shape index (κ2) is 7.26. The molecule has 0 radical (unpaired) electrons. The van der Waals surface area contributed by atoms with Crippen molar-refractivity contribution in [2.45, 2.75) is 45.9 Å². The number of carbonyl (C=O) groups excluding carboxylic acids is 2. The van der Waals surface area contributed by atoms with E-state index in [1.54, 1.807) is 32.4 Å². The normalized spacial score (nSPS) is 17.4.